The van der Waals surface area contributed by atoms with Crippen molar-refractivity contribution in [2.45, 2.75) is 32.4 Å². The summed E-state index contributed by atoms with van der Waals surface area (Å²) in [6.07, 6.45) is 1.11. The normalized spacial score (nSPS) is 22.4. The van der Waals surface area contributed by atoms with Gasteiger partial charge in [-0.25, -0.2) is 0 Å². The number of hydrogen-bond acceptors (Lipinski definition) is 4. The molecule has 1 fully saturated rings. The third-order valence-electron chi connectivity index (χ3n) is 4.51. The fourth-order valence-electron chi connectivity index (χ4n) is 3.19. The Balaban J connectivity index is 2.21. The van der Waals surface area contributed by atoms with Crippen LogP contribution in [-0.2, 0) is 0 Å². The zero-order valence-corrected chi connectivity index (χ0v) is 13.7. The molecule has 1 aromatic carbocycles. The summed E-state index contributed by atoms with van der Waals surface area (Å²) in [5.74, 6) is 0.124. The highest BCUT2D eigenvalue weighted by Gasteiger charge is 2.30. The van der Waals surface area contributed by atoms with E-state index in [1.54, 1.807) is 6.07 Å². The maximum Gasteiger partial charge on any atom is 0.134 e. The highest BCUT2D eigenvalue weighted by Crippen LogP contribution is 2.31. The Morgan fingerprint density at radius 3 is 2.71 bits per heavy atom. The highest BCUT2D eigenvalue weighted by atomic mass is 35.5. The molecule has 2 atom stereocenters. The van der Waals surface area contributed by atoms with Gasteiger partial charge in [0.25, 0.3) is 0 Å². The molecule has 0 aromatic heterocycles. The molecule has 1 heterocycles. The van der Waals surface area contributed by atoms with E-state index in [9.17, 15) is 5.11 Å². The maximum absolute atomic E-state index is 9.59. The molecular formula is C16H26ClN3O. The molecule has 0 spiro atoms. The lowest BCUT2D eigenvalue weighted by molar-refractivity contribution is 0.0427. The van der Waals surface area contributed by atoms with E-state index in [1.807, 2.05) is 12.1 Å². The molecule has 4 nitrogen and oxygen atoms in total. The van der Waals surface area contributed by atoms with Crippen LogP contribution in [0.15, 0.2) is 18.2 Å². The Morgan fingerprint density at radius 2 is 2.14 bits per heavy atom. The smallest absolute Gasteiger partial charge is 0.134 e. The van der Waals surface area contributed by atoms with Crippen LogP contribution < -0.4 is 5.73 Å². The minimum Gasteiger partial charge on any atom is -0.506 e. The number of aromatic hydroxyl groups is 1. The average molecular weight is 312 g/mol. The van der Waals surface area contributed by atoms with Crippen molar-refractivity contribution in [3.05, 3.63) is 28.8 Å². The van der Waals surface area contributed by atoms with Crippen molar-refractivity contribution in [2.75, 3.05) is 32.7 Å². The van der Waals surface area contributed by atoms with Gasteiger partial charge in [0.1, 0.15) is 5.75 Å². The van der Waals surface area contributed by atoms with Crippen LogP contribution in [0.25, 0.3) is 0 Å². The fourth-order valence-corrected chi connectivity index (χ4v) is 3.38. The Morgan fingerprint density at radius 1 is 1.38 bits per heavy atom. The molecule has 3 N–H and O–H groups in total. The van der Waals surface area contributed by atoms with Gasteiger partial charge >= 0.3 is 0 Å². The van der Waals surface area contributed by atoms with Gasteiger partial charge in [-0.1, -0.05) is 31.5 Å². The molecular weight excluding hydrogens is 286 g/mol. The summed E-state index contributed by atoms with van der Waals surface area (Å²) in [5.41, 5.74) is 7.13. The van der Waals surface area contributed by atoms with Crippen LogP contribution in [0.3, 0.4) is 0 Å². The summed E-state index contributed by atoms with van der Waals surface area (Å²) in [6.45, 7) is 9.29. The van der Waals surface area contributed by atoms with Crippen LogP contribution in [0.1, 0.15) is 31.9 Å². The molecule has 1 saturated heterocycles. The van der Waals surface area contributed by atoms with E-state index in [2.05, 4.69) is 23.6 Å². The summed E-state index contributed by atoms with van der Waals surface area (Å²) < 4.78 is 0. The van der Waals surface area contributed by atoms with Crippen LogP contribution in [0, 0.1) is 0 Å². The number of halogens is 1. The second kappa shape index (κ2) is 7.45. The molecule has 0 aliphatic carbocycles. The monoisotopic (exact) mass is 311 g/mol. The van der Waals surface area contributed by atoms with Gasteiger partial charge in [0.05, 0.1) is 5.02 Å². The zero-order chi connectivity index (χ0) is 15.4. The number of nitrogens with two attached hydrogens (primary N) is 1. The predicted octanol–water partition coefficient (Wildman–Crippen LogP) is 2.46. The third-order valence-corrected chi connectivity index (χ3v) is 4.81. The number of nitrogens with zero attached hydrogens (tertiary/aromatic N) is 2. The first-order valence-corrected chi connectivity index (χ1v) is 8.15. The molecule has 1 aromatic rings. The van der Waals surface area contributed by atoms with E-state index in [0.717, 1.165) is 38.2 Å². The van der Waals surface area contributed by atoms with Crippen LogP contribution in [0.2, 0.25) is 5.02 Å². The first kappa shape index (κ1) is 16.6. The third kappa shape index (κ3) is 3.69. The lowest BCUT2D eigenvalue weighted by atomic mass is 10.00. The Kier molecular flexibility index (Phi) is 5.88. The Bertz CT molecular complexity index is 469. The molecule has 1 aliphatic rings. The molecule has 0 saturated carbocycles. The molecule has 21 heavy (non-hydrogen) atoms. The molecule has 5 heteroatoms. The summed E-state index contributed by atoms with van der Waals surface area (Å²) >= 11 is 6.05. The predicted molar refractivity (Wildman–Crippen MR) is 87.8 cm³/mol. The van der Waals surface area contributed by atoms with Gasteiger partial charge in [-0.05, 0) is 30.7 Å². The van der Waals surface area contributed by atoms with Gasteiger partial charge in [0.15, 0.2) is 0 Å². The molecule has 0 radical (unpaired) electrons. The largest absolute Gasteiger partial charge is 0.506 e. The summed E-state index contributed by atoms with van der Waals surface area (Å²) in [7, 11) is 0. The minimum atomic E-state index is 0.124. The summed E-state index contributed by atoms with van der Waals surface area (Å²) in [6, 6.07) is 6.10. The quantitative estimate of drug-likeness (QED) is 0.877. The average Bonchev–Trinajstić information content (AvgIpc) is 2.51. The van der Waals surface area contributed by atoms with Crippen LogP contribution in [0.4, 0.5) is 0 Å². The number of likely N-dealkylation sites (N-methyl/N-ethyl adjacent to an activating group) is 1. The van der Waals surface area contributed by atoms with E-state index >= 15 is 0 Å². The van der Waals surface area contributed by atoms with E-state index in [1.165, 1.54) is 0 Å². The molecule has 0 amide bonds. The number of phenolic OH excluding ortho intramolecular Hbond substituents is 1. The van der Waals surface area contributed by atoms with Crippen LogP contribution in [0.5, 0.6) is 5.75 Å². The maximum atomic E-state index is 9.59. The second-order valence-corrected chi connectivity index (χ2v) is 6.06. The van der Waals surface area contributed by atoms with E-state index < -0.39 is 0 Å². The molecule has 0 bridgehead atoms. The first-order valence-electron chi connectivity index (χ1n) is 7.77. The van der Waals surface area contributed by atoms with Gasteiger partial charge in [-0.2, -0.15) is 0 Å². The van der Waals surface area contributed by atoms with Crippen LogP contribution in [-0.4, -0.2) is 53.7 Å². The first-order chi connectivity index (χ1) is 10.1. The lowest BCUT2D eigenvalue weighted by Crippen LogP contribution is -2.54. The number of piperazine rings is 1. The molecule has 118 valence electrons. The van der Waals surface area contributed by atoms with Crippen molar-refractivity contribution in [2.24, 2.45) is 5.73 Å². The van der Waals surface area contributed by atoms with Gasteiger partial charge in [0.2, 0.25) is 0 Å². The van der Waals surface area contributed by atoms with Crippen molar-refractivity contribution < 1.29 is 5.11 Å². The summed E-state index contributed by atoms with van der Waals surface area (Å²) in [4.78, 5) is 4.98. The zero-order valence-electron chi connectivity index (χ0n) is 12.9. The van der Waals surface area contributed by atoms with Crippen molar-refractivity contribution in [3.63, 3.8) is 0 Å². The van der Waals surface area contributed by atoms with Gasteiger partial charge in [-0.15, -0.1) is 0 Å². The molecule has 1 aliphatic heterocycles. The Hall–Kier alpha value is -0.810. The van der Waals surface area contributed by atoms with Crippen molar-refractivity contribution in [1.82, 2.24) is 9.80 Å². The minimum absolute atomic E-state index is 0.124. The fraction of sp³-hybridized carbons (Fsp3) is 0.625. The van der Waals surface area contributed by atoms with E-state index in [4.69, 9.17) is 17.3 Å². The van der Waals surface area contributed by atoms with Crippen molar-refractivity contribution in [1.29, 1.82) is 0 Å². The number of phenols is 1. The Labute approximate surface area is 132 Å². The van der Waals surface area contributed by atoms with Crippen molar-refractivity contribution >= 4 is 11.6 Å². The highest BCUT2D eigenvalue weighted by molar-refractivity contribution is 6.32. The molecule has 2 rings (SSSR count). The number of hydrogen-bond donors (Lipinski definition) is 2. The van der Waals surface area contributed by atoms with Gasteiger partial charge < -0.3 is 15.7 Å². The van der Waals surface area contributed by atoms with Gasteiger partial charge in [-0.3, -0.25) is 4.90 Å². The molecule has 2 unspecified atom stereocenters. The van der Waals surface area contributed by atoms with E-state index in [-0.39, 0.29) is 11.8 Å². The van der Waals surface area contributed by atoms with E-state index in [0.29, 0.717) is 17.6 Å². The summed E-state index contributed by atoms with van der Waals surface area (Å²) in [5, 5.41) is 9.98. The standard InChI is InChI=1S/C16H26ClN3O/c1-3-13-11-19(4-2)7-8-20(13)15(10-18)12-5-6-16(21)14(17)9-12/h5-6,9,13,15,21H,3-4,7-8,10-11,18H2,1-2H3. The second-order valence-electron chi connectivity index (χ2n) is 5.66. The SMILES string of the molecule is CCC1CN(CC)CCN1C(CN)c1ccc(O)c(Cl)c1. The van der Waals surface area contributed by atoms with Crippen molar-refractivity contribution in [3.8, 4) is 5.75 Å². The number of rotatable bonds is 5. The lowest BCUT2D eigenvalue weighted by Gasteiger charge is -2.45. The number of benzene rings is 1. The van der Waals surface area contributed by atoms with Gasteiger partial charge in [0, 0.05) is 38.3 Å². The van der Waals surface area contributed by atoms with Crippen LogP contribution >= 0.6 is 11.6 Å². The topological polar surface area (TPSA) is 52.7 Å².